The minimum absolute atomic E-state index is 0.271. The minimum atomic E-state index is -0.369. The first-order chi connectivity index (χ1) is 15.5. The van der Waals surface area contributed by atoms with Gasteiger partial charge in [-0.3, -0.25) is 4.98 Å². The number of hydrogen-bond donors (Lipinski definition) is 1. The zero-order valence-corrected chi connectivity index (χ0v) is 18.5. The van der Waals surface area contributed by atoms with Gasteiger partial charge in [0.2, 0.25) is 0 Å². The molecule has 1 aliphatic carbocycles. The van der Waals surface area contributed by atoms with E-state index >= 15 is 0 Å². The number of alkyl carbamates (subject to hydrolysis) is 1. The van der Waals surface area contributed by atoms with E-state index in [0.717, 1.165) is 30.5 Å². The highest BCUT2D eigenvalue weighted by Crippen LogP contribution is 2.38. The van der Waals surface area contributed by atoms with Crippen LogP contribution in [0.2, 0.25) is 0 Å². The van der Waals surface area contributed by atoms with Gasteiger partial charge in [0.15, 0.2) is 0 Å². The van der Waals surface area contributed by atoms with E-state index < -0.39 is 0 Å². The summed E-state index contributed by atoms with van der Waals surface area (Å²) in [7, 11) is 0. The molecular formula is C27H27N3O2. The number of nitrogens with zero attached hydrogens (tertiary/aromatic N) is 2. The van der Waals surface area contributed by atoms with E-state index in [1.807, 2.05) is 42.6 Å². The maximum Gasteiger partial charge on any atom is 0.407 e. The van der Waals surface area contributed by atoms with Crippen LogP contribution < -0.4 is 5.32 Å². The molecule has 5 nitrogen and oxygen atoms in total. The van der Waals surface area contributed by atoms with Crippen molar-refractivity contribution in [2.45, 2.75) is 45.3 Å². The SMILES string of the molecule is Cc1ccc2c3c(n(-c4cccnc4)c2c1)CCC(C)(NC(=O)OCc1ccccc1)C3. The molecule has 1 unspecified atom stereocenters. The fraction of sp³-hybridized carbons (Fsp3) is 0.259. The smallest absolute Gasteiger partial charge is 0.407 e. The fourth-order valence-corrected chi connectivity index (χ4v) is 4.74. The van der Waals surface area contributed by atoms with Crippen molar-refractivity contribution in [1.82, 2.24) is 14.9 Å². The highest BCUT2D eigenvalue weighted by Gasteiger charge is 2.35. The van der Waals surface area contributed by atoms with Crippen molar-refractivity contribution in [3.63, 3.8) is 0 Å². The molecule has 0 fully saturated rings. The van der Waals surface area contributed by atoms with Crippen LogP contribution in [0.4, 0.5) is 4.79 Å². The summed E-state index contributed by atoms with van der Waals surface area (Å²) in [6.07, 6.45) is 5.81. The van der Waals surface area contributed by atoms with Crippen LogP contribution in [0.15, 0.2) is 73.1 Å². The van der Waals surface area contributed by atoms with Crippen LogP contribution in [0.25, 0.3) is 16.6 Å². The summed E-state index contributed by atoms with van der Waals surface area (Å²) in [4.78, 5) is 16.9. The Balaban J connectivity index is 1.43. The van der Waals surface area contributed by atoms with Crippen molar-refractivity contribution in [3.8, 4) is 5.69 Å². The van der Waals surface area contributed by atoms with Crippen molar-refractivity contribution in [3.05, 3.63) is 95.4 Å². The Morgan fingerprint density at radius 1 is 1.16 bits per heavy atom. The third-order valence-corrected chi connectivity index (χ3v) is 6.34. The van der Waals surface area contributed by atoms with Crippen molar-refractivity contribution < 1.29 is 9.53 Å². The third kappa shape index (κ3) is 3.86. The second-order valence-electron chi connectivity index (χ2n) is 8.92. The normalized spacial score (nSPS) is 17.7. The molecule has 1 atom stereocenters. The third-order valence-electron chi connectivity index (χ3n) is 6.34. The average molecular weight is 426 g/mol. The summed E-state index contributed by atoms with van der Waals surface area (Å²) in [6, 6.07) is 20.4. The number of nitrogens with one attached hydrogen (secondary N) is 1. The summed E-state index contributed by atoms with van der Waals surface area (Å²) >= 11 is 0. The number of rotatable bonds is 4. The highest BCUT2D eigenvalue weighted by atomic mass is 16.5. The molecule has 4 aromatic rings. The number of amides is 1. The summed E-state index contributed by atoms with van der Waals surface area (Å²) in [5, 5.41) is 4.38. The van der Waals surface area contributed by atoms with Crippen molar-refractivity contribution >= 4 is 17.0 Å². The molecule has 162 valence electrons. The Labute approximate surface area is 188 Å². The molecule has 2 aromatic heterocycles. The maximum atomic E-state index is 12.6. The average Bonchev–Trinajstić information content (AvgIpc) is 3.11. The van der Waals surface area contributed by atoms with Gasteiger partial charge in [-0.15, -0.1) is 0 Å². The highest BCUT2D eigenvalue weighted by molar-refractivity contribution is 5.88. The molecule has 2 aromatic carbocycles. The number of pyridine rings is 1. The summed E-state index contributed by atoms with van der Waals surface area (Å²) in [5.41, 5.74) is 6.70. The second kappa shape index (κ2) is 8.15. The number of aromatic nitrogens is 2. The summed E-state index contributed by atoms with van der Waals surface area (Å²) < 4.78 is 7.83. The molecule has 0 saturated carbocycles. The number of carbonyl (C=O) groups excluding carboxylic acids is 1. The van der Waals surface area contributed by atoms with Crippen molar-refractivity contribution in [1.29, 1.82) is 0 Å². The first-order valence-corrected chi connectivity index (χ1v) is 11.0. The van der Waals surface area contributed by atoms with Gasteiger partial charge in [-0.05, 0) is 68.0 Å². The fourth-order valence-electron chi connectivity index (χ4n) is 4.74. The first-order valence-electron chi connectivity index (χ1n) is 11.0. The van der Waals surface area contributed by atoms with Crippen LogP contribution in [-0.2, 0) is 24.2 Å². The Hall–Kier alpha value is -3.60. The molecule has 0 aliphatic heterocycles. The lowest BCUT2D eigenvalue weighted by molar-refractivity contribution is 0.125. The monoisotopic (exact) mass is 425 g/mol. The van der Waals surface area contributed by atoms with Crippen LogP contribution in [0, 0.1) is 6.92 Å². The van der Waals surface area contributed by atoms with Gasteiger partial charge in [0.25, 0.3) is 0 Å². The second-order valence-corrected chi connectivity index (χ2v) is 8.92. The largest absolute Gasteiger partial charge is 0.445 e. The zero-order valence-electron chi connectivity index (χ0n) is 18.5. The molecule has 0 spiro atoms. The summed E-state index contributed by atoms with van der Waals surface area (Å²) in [5.74, 6) is 0. The van der Waals surface area contributed by atoms with E-state index in [1.54, 1.807) is 6.20 Å². The van der Waals surface area contributed by atoms with E-state index in [1.165, 1.54) is 27.7 Å². The van der Waals surface area contributed by atoms with Gasteiger partial charge in [0, 0.05) is 22.8 Å². The predicted molar refractivity (Wildman–Crippen MR) is 126 cm³/mol. The van der Waals surface area contributed by atoms with Crippen molar-refractivity contribution in [2.75, 3.05) is 0 Å². The van der Waals surface area contributed by atoms with E-state index in [2.05, 4.69) is 53.0 Å². The molecule has 5 heteroatoms. The first kappa shape index (κ1) is 20.3. The molecule has 2 heterocycles. The number of aryl methyl sites for hydroxylation is 1. The molecule has 32 heavy (non-hydrogen) atoms. The number of carbonyl (C=O) groups is 1. The van der Waals surface area contributed by atoms with Gasteiger partial charge in [-0.1, -0.05) is 42.5 Å². The van der Waals surface area contributed by atoms with Crippen LogP contribution in [0.1, 0.15) is 35.7 Å². The molecule has 0 bridgehead atoms. The number of hydrogen-bond acceptors (Lipinski definition) is 3. The van der Waals surface area contributed by atoms with Crippen LogP contribution in [0.3, 0.4) is 0 Å². The van der Waals surface area contributed by atoms with Gasteiger partial charge < -0.3 is 14.6 Å². The lowest BCUT2D eigenvalue weighted by atomic mass is 9.81. The number of ether oxygens (including phenoxy) is 1. The Bertz CT molecular complexity index is 1260. The molecule has 1 amide bonds. The van der Waals surface area contributed by atoms with Crippen LogP contribution >= 0.6 is 0 Å². The maximum absolute atomic E-state index is 12.6. The van der Waals surface area contributed by atoms with Gasteiger partial charge in [-0.2, -0.15) is 0 Å². The van der Waals surface area contributed by atoms with Crippen LogP contribution in [0.5, 0.6) is 0 Å². The topological polar surface area (TPSA) is 56.2 Å². The molecule has 1 aliphatic rings. The molecule has 0 radical (unpaired) electrons. The molecule has 1 N–H and O–H groups in total. The minimum Gasteiger partial charge on any atom is -0.445 e. The Morgan fingerprint density at radius 2 is 2.00 bits per heavy atom. The lowest BCUT2D eigenvalue weighted by Gasteiger charge is -2.35. The van der Waals surface area contributed by atoms with E-state index in [9.17, 15) is 4.79 Å². The van der Waals surface area contributed by atoms with Gasteiger partial charge in [0.1, 0.15) is 6.61 Å². The van der Waals surface area contributed by atoms with Gasteiger partial charge >= 0.3 is 6.09 Å². The van der Waals surface area contributed by atoms with E-state index in [0.29, 0.717) is 0 Å². The lowest BCUT2D eigenvalue weighted by Crippen LogP contribution is -2.50. The Morgan fingerprint density at radius 3 is 2.78 bits per heavy atom. The Kier molecular flexibility index (Phi) is 5.17. The van der Waals surface area contributed by atoms with E-state index in [-0.39, 0.29) is 18.2 Å². The predicted octanol–water partition coefficient (Wildman–Crippen LogP) is 5.51. The molecular weight excluding hydrogens is 398 g/mol. The quantitative estimate of drug-likeness (QED) is 0.469. The van der Waals surface area contributed by atoms with Gasteiger partial charge in [0.05, 0.1) is 17.4 Å². The number of fused-ring (bicyclic) bond motifs is 3. The number of benzene rings is 2. The zero-order chi connectivity index (χ0) is 22.1. The van der Waals surface area contributed by atoms with Gasteiger partial charge in [-0.25, -0.2) is 4.79 Å². The molecule has 5 rings (SSSR count). The van der Waals surface area contributed by atoms with Crippen LogP contribution in [-0.4, -0.2) is 21.2 Å². The standard InChI is InChI=1S/C27H27N3O2/c1-19-10-11-22-23-16-27(2,29-26(31)32-18-20-7-4-3-5-8-20)13-12-24(23)30(25(22)15-19)21-9-6-14-28-17-21/h3-11,14-15,17H,12-13,16,18H2,1-2H3,(H,29,31). The summed E-state index contributed by atoms with van der Waals surface area (Å²) in [6.45, 7) is 4.50. The van der Waals surface area contributed by atoms with E-state index in [4.69, 9.17) is 4.74 Å². The van der Waals surface area contributed by atoms with Crippen molar-refractivity contribution in [2.24, 2.45) is 0 Å². The molecule has 0 saturated heterocycles.